The molecule has 0 saturated carbocycles. The molecule has 0 amide bonds. The normalized spacial score (nSPS) is 12.3. The second-order valence-electron chi connectivity index (χ2n) is 9.95. The molecule has 2 aromatic carbocycles. The van der Waals surface area contributed by atoms with Gasteiger partial charge in [0.1, 0.15) is 5.75 Å². The number of fused-ring (bicyclic) bond motifs is 1. The van der Waals surface area contributed by atoms with Crippen LogP contribution in [0, 0.1) is 11.3 Å². The molecule has 6 heteroatoms. The Labute approximate surface area is 233 Å². The van der Waals surface area contributed by atoms with Crippen molar-refractivity contribution in [3.63, 3.8) is 0 Å². The molecule has 0 radical (unpaired) electrons. The van der Waals surface area contributed by atoms with Gasteiger partial charge in [-0.3, -0.25) is 0 Å². The lowest BCUT2D eigenvalue weighted by Crippen LogP contribution is -2.05. The Bertz CT molecular complexity index is 1180. The van der Waals surface area contributed by atoms with E-state index in [9.17, 15) is 10.1 Å². The molecule has 1 aliphatic heterocycles. The molecule has 0 saturated heterocycles. The smallest absolute Gasteiger partial charge is 0.333 e. The van der Waals surface area contributed by atoms with E-state index in [1.807, 2.05) is 36.4 Å². The van der Waals surface area contributed by atoms with Crippen LogP contribution in [-0.2, 0) is 16.0 Å². The van der Waals surface area contributed by atoms with Crippen LogP contribution >= 0.6 is 0 Å². The number of allylic oxidation sites excluding steroid dienone is 1. The van der Waals surface area contributed by atoms with Crippen LogP contribution in [0.15, 0.2) is 48.6 Å². The summed E-state index contributed by atoms with van der Waals surface area (Å²) in [6.45, 7) is 7.08. The van der Waals surface area contributed by atoms with Gasteiger partial charge < -0.3 is 18.9 Å². The van der Waals surface area contributed by atoms with Crippen molar-refractivity contribution in [1.82, 2.24) is 0 Å². The maximum absolute atomic E-state index is 11.3. The minimum Gasteiger partial charge on any atom is -0.493 e. The molecule has 0 unspecified atom stereocenters. The molecule has 0 atom stereocenters. The number of nitriles is 1. The standard InChI is InChI=1S/C33H41NO5/c1-25(2)33(35)39-19-12-10-8-6-4-5-7-9-11-18-37-30-16-15-28(23-32(30)36-3)29(24-34)21-26-13-14-27-17-20-38-31(27)22-26/h13-16,21-23H,1,4-12,17-20H2,2-3H3/b29-21+. The number of ether oxygens (including phenoxy) is 4. The second-order valence-corrected chi connectivity index (χ2v) is 9.95. The zero-order chi connectivity index (χ0) is 27.9. The summed E-state index contributed by atoms with van der Waals surface area (Å²) in [7, 11) is 1.62. The first-order valence-corrected chi connectivity index (χ1v) is 14.0. The fourth-order valence-electron chi connectivity index (χ4n) is 4.49. The van der Waals surface area contributed by atoms with Gasteiger partial charge in [0.25, 0.3) is 0 Å². The number of nitrogens with zero attached hydrogens (tertiary/aromatic N) is 1. The molecule has 0 fully saturated rings. The number of benzene rings is 2. The average Bonchev–Trinajstić information content (AvgIpc) is 3.42. The summed E-state index contributed by atoms with van der Waals surface area (Å²) >= 11 is 0. The van der Waals surface area contributed by atoms with Crippen LogP contribution in [0.5, 0.6) is 17.2 Å². The maximum Gasteiger partial charge on any atom is 0.333 e. The van der Waals surface area contributed by atoms with Gasteiger partial charge in [0.2, 0.25) is 0 Å². The molecule has 0 N–H and O–H groups in total. The van der Waals surface area contributed by atoms with Gasteiger partial charge in [0, 0.05) is 12.0 Å². The maximum atomic E-state index is 11.3. The first-order chi connectivity index (χ1) is 19.0. The van der Waals surface area contributed by atoms with E-state index in [0.717, 1.165) is 49.0 Å². The van der Waals surface area contributed by atoms with Crippen molar-refractivity contribution < 1.29 is 23.7 Å². The quantitative estimate of drug-likeness (QED) is 0.0684. The first kappa shape index (κ1) is 29.8. The SMILES string of the molecule is C=C(C)C(=O)OCCCCCCCCCCCOc1ccc(/C(C#N)=C/c2ccc3c(c2)OCC3)cc1OC. The minimum atomic E-state index is -0.294. The highest BCUT2D eigenvalue weighted by molar-refractivity contribution is 5.90. The van der Waals surface area contributed by atoms with E-state index >= 15 is 0 Å². The topological polar surface area (TPSA) is 77.8 Å². The average molecular weight is 532 g/mol. The Morgan fingerprint density at radius 1 is 0.974 bits per heavy atom. The Kier molecular flexibility index (Phi) is 12.5. The van der Waals surface area contributed by atoms with E-state index in [-0.39, 0.29) is 5.97 Å². The highest BCUT2D eigenvalue weighted by Crippen LogP contribution is 2.32. The highest BCUT2D eigenvalue weighted by Gasteiger charge is 2.13. The second kappa shape index (κ2) is 16.3. The van der Waals surface area contributed by atoms with Crippen molar-refractivity contribution in [2.75, 3.05) is 26.9 Å². The Balaban J connectivity index is 1.33. The van der Waals surface area contributed by atoms with Crippen molar-refractivity contribution in [3.8, 4) is 23.3 Å². The van der Waals surface area contributed by atoms with Crippen LogP contribution in [0.2, 0.25) is 0 Å². The molecule has 1 aliphatic rings. The van der Waals surface area contributed by atoms with Gasteiger partial charge in [0.15, 0.2) is 11.5 Å². The molecular formula is C33H41NO5. The van der Waals surface area contributed by atoms with Gasteiger partial charge in [0.05, 0.1) is 38.6 Å². The number of esters is 1. The van der Waals surface area contributed by atoms with E-state index in [1.54, 1.807) is 14.0 Å². The summed E-state index contributed by atoms with van der Waals surface area (Å²) in [6.07, 6.45) is 13.0. The Morgan fingerprint density at radius 2 is 1.67 bits per heavy atom. The van der Waals surface area contributed by atoms with Gasteiger partial charge in [-0.1, -0.05) is 63.7 Å². The summed E-state index contributed by atoms with van der Waals surface area (Å²) in [5.41, 5.74) is 3.95. The number of unbranched alkanes of at least 4 members (excludes halogenated alkanes) is 8. The van der Waals surface area contributed by atoms with E-state index < -0.39 is 0 Å². The monoisotopic (exact) mass is 531 g/mol. The predicted molar refractivity (Wildman–Crippen MR) is 155 cm³/mol. The minimum absolute atomic E-state index is 0.294. The summed E-state index contributed by atoms with van der Waals surface area (Å²) in [4.78, 5) is 11.3. The lowest BCUT2D eigenvalue weighted by molar-refractivity contribution is -0.139. The number of rotatable bonds is 17. The molecule has 0 aromatic heterocycles. The highest BCUT2D eigenvalue weighted by atomic mass is 16.5. The van der Waals surface area contributed by atoms with Crippen molar-refractivity contribution >= 4 is 17.6 Å². The van der Waals surface area contributed by atoms with E-state index in [0.29, 0.717) is 42.5 Å². The zero-order valence-electron chi connectivity index (χ0n) is 23.4. The molecule has 2 aromatic rings. The molecule has 0 bridgehead atoms. The Morgan fingerprint density at radius 3 is 2.33 bits per heavy atom. The number of hydrogen-bond acceptors (Lipinski definition) is 6. The lowest BCUT2D eigenvalue weighted by Gasteiger charge is -2.12. The van der Waals surface area contributed by atoms with Gasteiger partial charge in [-0.25, -0.2) is 4.79 Å². The summed E-state index contributed by atoms with van der Waals surface area (Å²) in [5.74, 6) is 1.92. The number of hydrogen-bond donors (Lipinski definition) is 0. The van der Waals surface area contributed by atoms with Crippen LogP contribution in [0.3, 0.4) is 0 Å². The molecule has 3 rings (SSSR count). The molecule has 1 heterocycles. The van der Waals surface area contributed by atoms with Crippen LogP contribution < -0.4 is 14.2 Å². The van der Waals surface area contributed by atoms with Crippen LogP contribution in [-0.4, -0.2) is 32.9 Å². The fourth-order valence-corrected chi connectivity index (χ4v) is 4.49. The fraction of sp³-hybridized carbons (Fsp3) is 0.455. The van der Waals surface area contributed by atoms with Crippen molar-refractivity contribution in [2.24, 2.45) is 0 Å². The molecule has 208 valence electrons. The summed E-state index contributed by atoms with van der Waals surface area (Å²) in [5, 5.41) is 9.79. The third kappa shape index (κ3) is 9.83. The number of carbonyl (C=O) groups is 1. The molecule has 0 spiro atoms. The molecule has 0 aliphatic carbocycles. The molecule has 6 nitrogen and oxygen atoms in total. The van der Waals surface area contributed by atoms with E-state index in [2.05, 4.69) is 18.7 Å². The zero-order valence-corrected chi connectivity index (χ0v) is 23.4. The number of carbonyl (C=O) groups excluding carboxylic acids is 1. The van der Waals surface area contributed by atoms with E-state index in [1.165, 1.54) is 37.7 Å². The van der Waals surface area contributed by atoms with Crippen LogP contribution in [0.25, 0.3) is 11.6 Å². The Hall–Kier alpha value is -3.72. The third-order valence-electron chi connectivity index (χ3n) is 6.75. The molecular weight excluding hydrogens is 490 g/mol. The third-order valence-corrected chi connectivity index (χ3v) is 6.75. The van der Waals surface area contributed by atoms with Crippen LogP contribution in [0.1, 0.15) is 81.4 Å². The number of methoxy groups -OCH3 is 1. The van der Waals surface area contributed by atoms with Gasteiger partial charge in [-0.2, -0.15) is 5.26 Å². The summed E-state index contributed by atoms with van der Waals surface area (Å²) < 4.78 is 22.3. The lowest BCUT2D eigenvalue weighted by atomic mass is 10.0. The molecule has 39 heavy (non-hydrogen) atoms. The largest absolute Gasteiger partial charge is 0.493 e. The summed E-state index contributed by atoms with van der Waals surface area (Å²) in [6, 6.07) is 14.0. The van der Waals surface area contributed by atoms with Crippen molar-refractivity contribution in [2.45, 2.75) is 71.1 Å². The predicted octanol–water partition coefficient (Wildman–Crippen LogP) is 7.70. The van der Waals surface area contributed by atoms with E-state index in [4.69, 9.17) is 18.9 Å². The van der Waals surface area contributed by atoms with Crippen molar-refractivity contribution in [3.05, 3.63) is 65.2 Å². The van der Waals surface area contributed by atoms with Crippen LogP contribution in [0.4, 0.5) is 0 Å². The van der Waals surface area contributed by atoms with Gasteiger partial charge in [-0.15, -0.1) is 0 Å². The van der Waals surface area contributed by atoms with Crippen molar-refractivity contribution in [1.29, 1.82) is 5.26 Å². The first-order valence-electron chi connectivity index (χ1n) is 14.0. The van der Waals surface area contributed by atoms with Gasteiger partial charge >= 0.3 is 5.97 Å². The van der Waals surface area contributed by atoms with Gasteiger partial charge in [-0.05, 0) is 66.8 Å².